The van der Waals surface area contributed by atoms with Crippen LogP contribution < -0.4 is 4.72 Å². The Labute approximate surface area is 94.2 Å². The monoisotopic (exact) mass is 247 g/mol. The van der Waals surface area contributed by atoms with Crippen molar-refractivity contribution in [3.05, 3.63) is 29.6 Å². The Kier molecular flexibility index (Phi) is 4.26. The Morgan fingerprint density at radius 3 is 2.69 bits per heavy atom. The third kappa shape index (κ3) is 3.79. The zero-order valence-corrected chi connectivity index (χ0v) is 9.72. The number of benzene rings is 1. The summed E-state index contributed by atoms with van der Waals surface area (Å²) >= 11 is 0. The van der Waals surface area contributed by atoms with Gasteiger partial charge in [-0.15, -0.1) is 0 Å². The molecule has 0 atom stereocenters. The van der Waals surface area contributed by atoms with Crippen molar-refractivity contribution < 1.29 is 17.9 Å². The first-order valence-corrected chi connectivity index (χ1v) is 6.47. The third-order valence-electron chi connectivity index (χ3n) is 1.96. The Bertz CT molecular complexity index is 459. The normalized spacial score (nSPS) is 11.4. The fourth-order valence-corrected chi connectivity index (χ4v) is 2.29. The second-order valence-corrected chi connectivity index (χ2v) is 5.32. The zero-order valence-electron chi connectivity index (χ0n) is 8.90. The molecule has 0 fully saturated rings. The molecule has 16 heavy (non-hydrogen) atoms. The number of sulfonamides is 1. The van der Waals surface area contributed by atoms with Crippen LogP contribution in [0.5, 0.6) is 0 Å². The molecule has 0 amide bonds. The lowest BCUT2D eigenvalue weighted by atomic mass is 10.2. The lowest BCUT2D eigenvalue weighted by Crippen LogP contribution is -2.18. The van der Waals surface area contributed by atoms with Crippen LogP contribution in [0.2, 0.25) is 0 Å². The van der Waals surface area contributed by atoms with E-state index in [1.807, 2.05) is 0 Å². The van der Waals surface area contributed by atoms with Crippen molar-refractivity contribution in [2.24, 2.45) is 0 Å². The number of halogens is 1. The van der Waals surface area contributed by atoms with Crippen LogP contribution in [0.4, 0.5) is 10.1 Å². The minimum atomic E-state index is -3.58. The molecule has 90 valence electrons. The van der Waals surface area contributed by atoms with Crippen molar-refractivity contribution in [3.8, 4) is 0 Å². The summed E-state index contributed by atoms with van der Waals surface area (Å²) in [6.07, 6.45) is 0.128. The number of hydrogen-bond donors (Lipinski definition) is 2. The molecule has 0 saturated heterocycles. The summed E-state index contributed by atoms with van der Waals surface area (Å²) in [5.74, 6) is -0.829. The maximum absolute atomic E-state index is 13.3. The average Bonchev–Trinajstić information content (AvgIpc) is 2.19. The van der Waals surface area contributed by atoms with Crippen molar-refractivity contribution in [3.63, 3.8) is 0 Å². The number of rotatable bonds is 5. The van der Waals surface area contributed by atoms with Gasteiger partial charge in [0, 0.05) is 6.61 Å². The van der Waals surface area contributed by atoms with Gasteiger partial charge in [0.05, 0.1) is 11.4 Å². The Hall–Kier alpha value is -1.14. The quantitative estimate of drug-likeness (QED) is 0.823. The molecular weight excluding hydrogens is 233 g/mol. The highest BCUT2D eigenvalue weighted by atomic mass is 32.2. The topological polar surface area (TPSA) is 66.4 Å². The molecule has 2 N–H and O–H groups in total. The van der Waals surface area contributed by atoms with Gasteiger partial charge in [-0.25, -0.2) is 12.8 Å². The highest BCUT2D eigenvalue weighted by Gasteiger charge is 2.12. The van der Waals surface area contributed by atoms with Gasteiger partial charge in [-0.05, 0) is 31.0 Å². The van der Waals surface area contributed by atoms with Gasteiger partial charge in [0.2, 0.25) is 10.0 Å². The van der Waals surface area contributed by atoms with Crippen molar-refractivity contribution in [1.29, 1.82) is 0 Å². The molecule has 1 aromatic carbocycles. The maximum Gasteiger partial charge on any atom is 0.232 e. The predicted molar refractivity (Wildman–Crippen MR) is 60.2 cm³/mol. The van der Waals surface area contributed by atoms with Gasteiger partial charge < -0.3 is 5.11 Å². The van der Waals surface area contributed by atoms with Crippen LogP contribution in [-0.4, -0.2) is 25.9 Å². The van der Waals surface area contributed by atoms with E-state index >= 15 is 0 Å². The van der Waals surface area contributed by atoms with E-state index in [-0.39, 0.29) is 24.5 Å². The fourth-order valence-electron chi connectivity index (χ4n) is 1.18. The van der Waals surface area contributed by atoms with E-state index in [2.05, 4.69) is 4.72 Å². The van der Waals surface area contributed by atoms with Crippen LogP contribution in [-0.2, 0) is 10.0 Å². The Balaban J connectivity index is 2.80. The molecule has 0 bridgehead atoms. The average molecular weight is 247 g/mol. The first-order valence-electron chi connectivity index (χ1n) is 4.82. The summed E-state index contributed by atoms with van der Waals surface area (Å²) in [6, 6.07) is 4.25. The van der Waals surface area contributed by atoms with Crippen molar-refractivity contribution in [2.45, 2.75) is 13.3 Å². The van der Waals surface area contributed by atoms with Gasteiger partial charge in [-0.3, -0.25) is 4.72 Å². The second kappa shape index (κ2) is 5.27. The van der Waals surface area contributed by atoms with Crippen LogP contribution in [0.25, 0.3) is 0 Å². The first-order chi connectivity index (χ1) is 7.44. The van der Waals surface area contributed by atoms with Gasteiger partial charge in [-0.2, -0.15) is 0 Å². The van der Waals surface area contributed by atoms with Crippen molar-refractivity contribution >= 4 is 15.7 Å². The number of aliphatic hydroxyl groups excluding tert-OH is 1. The Morgan fingerprint density at radius 1 is 1.44 bits per heavy atom. The lowest BCUT2D eigenvalue weighted by molar-refractivity contribution is 0.295. The SMILES string of the molecule is Cc1ccc(NS(=O)(=O)CCCO)c(F)c1. The molecule has 0 spiro atoms. The molecule has 0 aliphatic heterocycles. The van der Waals surface area contributed by atoms with E-state index in [1.165, 1.54) is 12.1 Å². The van der Waals surface area contributed by atoms with Crippen molar-refractivity contribution in [2.75, 3.05) is 17.1 Å². The number of nitrogens with one attached hydrogen (secondary N) is 1. The van der Waals surface area contributed by atoms with Crippen molar-refractivity contribution in [1.82, 2.24) is 0 Å². The summed E-state index contributed by atoms with van der Waals surface area (Å²) < 4.78 is 38.3. The van der Waals surface area contributed by atoms with E-state index < -0.39 is 15.8 Å². The molecule has 1 rings (SSSR count). The van der Waals surface area contributed by atoms with Gasteiger partial charge in [-0.1, -0.05) is 6.07 Å². The van der Waals surface area contributed by atoms with E-state index in [9.17, 15) is 12.8 Å². The highest BCUT2D eigenvalue weighted by Crippen LogP contribution is 2.16. The number of anilines is 1. The van der Waals surface area contributed by atoms with E-state index in [0.29, 0.717) is 0 Å². The highest BCUT2D eigenvalue weighted by molar-refractivity contribution is 7.92. The molecule has 0 aliphatic carbocycles. The summed E-state index contributed by atoms with van der Waals surface area (Å²) in [5, 5.41) is 8.52. The molecule has 0 heterocycles. The van der Waals surface area contributed by atoms with Crippen LogP contribution in [0, 0.1) is 12.7 Å². The van der Waals surface area contributed by atoms with E-state index in [1.54, 1.807) is 13.0 Å². The lowest BCUT2D eigenvalue weighted by Gasteiger charge is -2.08. The standard InChI is InChI=1S/C10H14FNO3S/c1-8-3-4-10(9(11)7-8)12-16(14,15)6-2-5-13/h3-4,7,12-13H,2,5-6H2,1H3. The number of aryl methyl sites for hydroxylation is 1. The van der Waals surface area contributed by atoms with Gasteiger partial charge in [0.1, 0.15) is 5.82 Å². The van der Waals surface area contributed by atoms with E-state index in [4.69, 9.17) is 5.11 Å². The van der Waals surface area contributed by atoms with Crippen LogP contribution in [0.3, 0.4) is 0 Å². The minimum absolute atomic E-state index is 0.0662. The molecule has 0 unspecified atom stereocenters. The fraction of sp³-hybridized carbons (Fsp3) is 0.400. The molecule has 4 nitrogen and oxygen atoms in total. The summed E-state index contributed by atoms with van der Waals surface area (Å²) in [4.78, 5) is 0. The molecule has 1 aromatic rings. The number of hydrogen-bond acceptors (Lipinski definition) is 3. The Morgan fingerprint density at radius 2 is 2.12 bits per heavy atom. The predicted octanol–water partition coefficient (Wildman–Crippen LogP) is 1.26. The molecule has 0 aromatic heterocycles. The van der Waals surface area contributed by atoms with Gasteiger partial charge in [0.15, 0.2) is 0 Å². The maximum atomic E-state index is 13.3. The molecule has 0 aliphatic rings. The summed E-state index contributed by atoms with van der Waals surface area (Å²) in [5.41, 5.74) is 0.652. The van der Waals surface area contributed by atoms with Crippen LogP contribution >= 0.6 is 0 Å². The summed E-state index contributed by atoms with van der Waals surface area (Å²) in [7, 11) is -3.58. The van der Waals surface area contributed by atoms with E-state index in [0.717, 1.165) is 5.56 Å². The summed E-state index contributed by atoms with van der Waals surface area (Å²) in [6.45, 7) is 1.50. The molecule has 0 saturated carbocycles. The van der Waals surface area contributed by atoms with Crippen LogP contribution in [0.1, 0.15) is 12.0 Å². The first kappa shape index (κ1) is 12.9. The van der Waals surface area contributed by atoms with Gasteiger partial charge in [0.25, 0.3) is 0 Å². The molecule has 6 heteroatoms. The van der Waals surface area contributed by atoms with Crippen LogP contribution in [0.15, 0.2) is 18.2 Å². The minimum Gasteiger partial charge on any atom is -0.396 e. The molecule has 0 radical (unpaired) electrons. The molecular formula is C10H14FNO3S. The third-order valence-corrected chi connectivity index (χ3v) is 3.32. The van der Waals surface area contributed by atoms with Gasteiger partial charge >= 0.3 is 0 Å². The smallest absolute Gasteiger partial charge is 0.232 e. The zero-order chi connectivity index (χ0) is 12.2. The largest absolute Gasteiger partial charge is 0.396 e. The second-order valence-electron chi connectivity index (χ2n) is 3.48. The number of aliphatic hydroxyl groups is 1.